The number of aromatic nitrogens is 2. The lowest BCUT2D eigenvalue weighted by atomic mass is 10.1. The van der Waals surface area contributed by atoms with Crippen LogP contribution in [-0.2, 0) is 13.6 Å². The summed E-state index contributed by atoms with van der Waals surface area (Å²) in [7, 11) is 3.57. The molecule has 7 heteroatoms. The van der Waals surface area contributed by atoms with Crippen LogP contribution >= 0.6 is 0 Å². The zero-order valence-electron chi connectivity index (χ0n) is 14.6. The molecule has 130 valence electrons. The molecule has 0 bridgehead atoms. The number of hydrogen-bond acceptors (Lipinski definition) is 2. The average molecular weight is 335 g/mol. The number of nitrogens with one attached hydrogen (secondary N) is 2. The molecule has 24 heavy (non-hydrogen) atoms. The normalized spacial score (nSPS) is 13.0. The summed E-state index contributed by atoms with van der Waals surface area (Å²) in [4.78, 5) is 4.17. The number of nitrogens with zero attached hydrogens (tertiary/aromatic N) is 3. The lowest BCUT2D eigenvalue weighted by Crippen LogP contribution is -2.38. The molecule has 1 atom stereocenters. The Hall–Kier alpha value is -2.44. The van der Waals surface area contributed by atoms with Crippen LogP contribution in [0.25, 0.3) is 0 Å². The number of benzene rings is 1. The Bertz CT molecular complexity index is 752. The molecule has 0 fully saturated rings. The van der Waals surface area contributed by atoms with Crippen LogP contribution in [0.1, 0.15) is 35.5 Å². The molecular weight excluding hydrogens is 312 g/mol. The molecule has 1 aromatic carbocycles. The van der Waals surface area contributed by atoms with Crippen LogP contribution in [0.5, 0.6) is 0 Å². The standard InChI is InChI=1S/C17H23F2N5/c1-10(13-6-7-15(18)16(19)8-13)22-17(20-4)21-9-14-11(2)23-24(5)12(14)3/h6-8,10H,9H2,1-5H3,(H2,20,21,22). The number of halogens is 2. The summed E-state index contributed by atoms with van der Waals surface area (Å²) < 4.78 is 28.2. The molecular formula is C17H23F2N5. The second-order valence-electron chi connectivity index (χ2n) is 5.74. The molecule has 2 aromatic rings. The van der Waals surface area contributed by atoms with Crippen LogP contribution in [-0.4, -0.2) is 22.8 Å². The van der Waals surface area contributed by atoms with Crippen molar-refractivity contribution < 1.29 is 8.78 Å². The Morgan fingerprint density at radius 1 is 1.29 bits per heavy atom. The third-order valence-corrected chi connectivity index (χ3v) is 4.11. The molecule has 2 rings (SSSR count). The molecule has 1 heterocycles. The lowest BCUT2D eigenvalue weighted by molar-refractivity contribution is 0.504. The molecule has 0 aliphatic heterocycles. The summed E-state index contributed by atoms with van der Waals surface area (Å²) in [6.07, 6.45) is 0. The first-order chi connectivity index (χ1) is 11.3. The van der Waals surface area contributed by atoms with E-state index in [1.165, 1.54) is 6.07 Å². The highest BCUT2D eigenvalue weighted by Gasteiger charge is 2.13. The minimum absolute atomic E-state index is 0.220. The maximum Gasteiger partial charge on any atom is 0.191 e. The van der Waals surface area contributed by atoms with Crippen molar-refractivity contribution in [3.8, 4) is 0 Å². The van der Waals surface area contributed by atoms with Crippen molar-refractivity contribution >= 4 is 5.96 Å². The molecule has 0 saturated carbocycles. The molecule has 0 aliphatic rings. The fraction of sp³-hybridized carbons (Fsp3) is 0.412. The minimum Gasteiger partial charge on any atom is -0.352 e. The van der Waals surface area contributed by atoms with Crippen molar-refractivity contribution in [2.45, 2.75) is 33.4 Å². The molecule has 0 radical (unpaired) electrons. The Balaban J connectivity index is 2.03. The van der Waals surface area contributed by atoms with Gasteiger partial charge in [-0.15, -0.1) is 0 Å². The van der Waals surface area contributed by atoms with Crippen molar-refractivity contribution in [1.29, 1.82) is 0 Å². The molecule has 5 nitrogen and oxygen atoms in total. The zero-order valence-corrected chi connectivity index (χ0v) is 14.6. The van der Waals surface area contributed by atoms with Crippen molar-refractivity contribution in [3.05, 3.63) is 52.3 Å². The largest absolute Gasteiger partial charge is 0.352 e. The first-order valence-electron chi connectivity index (χ1n) is 7.74. The molecule has 0 saturated heterocycles. The van der Waals surface area contributed by atoms with E-state index in [1.807, 2.05) is 32.5 Å². The monoisotopic (exact) mass is 335 g/mol. The molecule has 0 amide bonds. The quantitative estimate of drug-likeness (QED) is 0.667. The van der Waals surface area contributed by atoms with E-state index in [0.29, 0.717) is 18.1 Å². The number of aryl methyl sites for hydroxylation is 2. The summed E-state index contributed by atoms with van der Waals surface area (Å²) in [6.45, 7) is 6.41. The summed E-state index contributed by atoms with van der Waals surface area (Å²) in [5, 5.41) is 10.8. The SMILES string of the molecule is CN=C(NCc1c(C)nn(C)c1C)NC(C)c1ccc(F)c(F)c1. The van der Waals surface area contributed by atoms with Gasteiger partial charge in [0.15, 0.2) is 17.6 Å². The topological polar surface area (TPSA) is 54.2 Å². The first-order valence-corrected chi connectivity index (χ1v) is 7.74. The highest BCUT2D eigenvalue weighted by Crippen LogP contribution is 2.16. The molecule has 0 aliphatic carbocycles. The van der Waals surface area contributed by atoms with Crippen LogP contribution in [0.4, 0.5) is 8.78 Å². The van der Waals surface area contributed by atoms with E-state index >= 15 is 0 Å². The number of rotatable bonds is 4. The van der Waals surface area contributed by atoms with Gasteiger partial charge in [0.2, 0.25) is 0 Å². The Kier molecular flexibility index (Phi) is 5.54. The third kappa shape index (κ3) is 3.90. The van der Waals surface area contributed by atoms with Crippen molar-refractivity contribution in [2.24, 2.45) is 12.0 Å². The predicted octanol–water partition coefficient (Wildman–Crippen LogP) is 2.74. The van der Waals surface area contributed by atoms with E-state index in [1.54, 1.807) is 13.1 Å². The summed E-state index contributed by atoms with van der Waals surface area (Å²) in [6, 6.07) is 3.65. The van der Waals surface area contributed by atoms with E-state index in [4.69, 9.17) is 0 Å². The molecule has 0 spiro atoms. The van der Waals surface area contributed by atoms with Gasteiger partial charge in [0, 0.05) is 31.9 Å². The molecule has 2 N–H and O–H groups in total. The summed E-state index contributed by atoms with van der Waals surface area (Å²) in [5.74, 6) is -1.13. The van der Waals surface area contributed by atoms with Crippen molar-refractivity contribution in [2.75, 3.05) is 7.05 Å². The van der Waals surface area contributed by atoms with Crippen molar-refractivity contribution in [1.82, 2.24) is 20.4 Å². The van der Waals surface area contributed by atoms with Gasteiger partial charge in [-0.1, -0.05) is 6.07 Å². The third-order valence-electron chi connectivity index (χ3n) is 4.11. The van der Waals surface area contributed by atoms with Crippen molar-refractivity contribution in [3.63, 3.8) is 0 Å². The van der Waals surface area contributed by atoms with Gasteiger partial charge in [0.1, 0.15) is 0 Å². The number of guanidine groups is 1. The summed E-state index contributed by atoms with van der Waals surface area (Å²) in [5.41, 5.74) is 3.81. The Labute approximate surface area is 140 Å². The van der Waals surface area contributed by atoms with Gasteiger partial charge in [-0.25, -0.2) is 8.78 Å². The van der Waals surface area contributed by atoms with Crippen LogP contribution in [0, 0.1) is 25.5 Å². The van der Waals surface area contributed by atoms with Crippen LogP contribution in [0.15, 0.2) is 23.2 Å². The van der Waals surface area contributed by atoms with Gasteiger partial charge in [-0.05, 0) is 38.5 Å². The van der Waals surface area contributed by atoms with E-state index in [2.05, 4.69) is 20.7 Å². The van der Waals surface area contributed by atoms with Gasteiger partial charge in [-0.3, -0.25) is 9.67 Å². The second-order valence-corrected chi connectivity index (χ2v) is 5.74. The van der Waals surface area contributed by atoms with Gasteiger partial charge in [0.05, 0.1) is 11.7 Å². The van der Waals surface area contributed by atoms with E-state index < -0.39 is 11.6 Å². The van der Waals surface area contributed by atoms with Gasteiger partial charge in [0.25, 0.3) is 0 Å². The zero-order chi connectivity index (χ0) is 17.9. The van der Waals surface area contributed by atoms with Gasteiger partial charge >= 0.3 is 0 Å². The lowest BCUT2D eigenvalue weighted by Gasteiger charge is -2.18. The van der Waals surface area contributed by atoms with Crippen LogP contribution in [0.2, 0.25) is 0 Å². The maximum atomic E-state index is 13.4. The van der Waals surface area contributed by atoms with E-state index in [-0.39, 0.29) is 6.04 Å². The number of hydrogen-bond donors (Lipinski definition) is 2. The van der Waals surface area contributed by atoms with E-state index in [9.17, 15) is 8.78 Å². The Morgan fingerprint density at radius 2 is 2.00 bits per heavy atom. The average Bonchev–Trinajstić information content (AvgIpc) is 2.79. The van der Waals surface area contributed by atoms with Gasteiger partial charge < -0.3 is 10.6 Å². The fourth-order valence-electron chi connectivity index (χ4n) is 2.51. The number of aliphatic imine (C=N–C) groups is 1. The smallest absolute Gasteiger partial charge is 0.191 e. The Morgan fingerprint density at radius 3 is 2.54 bits per heavy atom. The second kappa shape index (κ2) is 7.42. The van der Waals surface area contributed by atoms with Crippen LogP contribution in [0.3, 0.4) is 0 Å². The molecule has 1 aromatic heterocycles. The van der Waals surface area contributed by atoms with Crippen LogP contribution < -0.4 is 10.6 Å². The highest BCUT2D eigenvalue weighted by molar-refractivity contribution is 5.80. The highest BCUT2D eigenvalue weighted by atomic mass is 19.2. The maximum absolute atomic E-state index is 13.4. The predicted molar refractivity (Wildman–Crippen MR) is 90.8 cm³/mol. The minimum atomic E-state index is -0.856. The fourth-order valence-corrected chi connectivity index (χ4v) is 2.51. The molecule has 1 unspecified atom stereocenters. The van der Waals surface area contributed by atoms with Gasteiger partial charge in [-0.2, -0.15) is 5.10 Å². The summed E-state index contributed by atoms with van der Waals surface area (Å²) >= 11 is 0. The first kappa shape index (κ1) is 17.9. The van der Waals surface area contributed by atoms with E-state index in [0.717, 1.165) is 23.0 Å².